The Morgan fingerprint density at radius 1 is 1.62 bits per heavy atom. The van der Waals surface area contributed by atoms with Crippen molar-refractivity contribution in [1.29, 1.82) is 0 Å². The number of methoxy groups -OCH3 is 1. The van der Waals surface area contributed by atoms with Crippen molar-refractivity contribution >= 4 is 17.3 Å². The number of carbonyl (C=O) groups excluding carboxylic acids is 1. The minimum atomic E-state index is -0.465. The predicted molar refractivity (Wildman–Crippen MR) is 82.1 cm³/mol. The highest BCUT2D eigenvalue weighted by Gasteiger charge is 2.36. The van der Waals surface area contributed by atoms with Crippen molar-refractivity contribution in [2.24, 2.45) is 5.92 Å². The highest BCUT2D eigenvalue weighted by molar-refractivity contribution is 7.09. The van der Waals surface area contributed by atoms with Gasteiger partial charge < -0.3 is 9.84 Å². The largest absolute Gasteiger partial charge is 0.468 e. The van der Waals surface area contributed by atoms with Gasteiger partial charge in [-0.15, -0.1) is 11.3 Å². The maximum absolute atomic E-state index is 11.8. The summed E-state index contributed by atoms with van der Waals surface area (Å²) in [5.41, 5.74) is 0.974. The summed E-state index contributed by atoms with van der Waals surface area (Å²) in [6, 6.07) is -0.356. The van der Waals surface area contributed by atoms with Crippen LogP contribution in [0, 0.1) is 5.92 Å². The molecule has 1 aromatic heterocycles. The fourth-order valence-corrected chi connectivity index (χ4v) is 3.40. The topological polar surface area (TPSA) is 62.7 Å². The summed E-state index contributed by atoms with van der Waals surface area (Å²) >= 11 is 1.67. The standard InChI is InChI=1S/C15H24N2O3S/c1-10(2)4-5-14-16-11(9-21-14)7-17-8-12(18)6-13(17)15(19)20-3/h9-10,12-13,18H,4-8H2,1-3H3/t12-,13+/m0/s1. The SMILES string of the molecule is COC(=O)[C@H]1C[C@H](O)CN1Cc1csc(CCC(C)C)n1. The van der Waals surface area contributed by atoms with Gasteiger partial charge in [0.25, 0.3) is 0 Å². The van der Waals surface area contributed by atoms with E-state index in [1.54, 1.807) is 11.3 Å². The zero-order valence-corrected chi connectivity index (χ0v) is 13.7. The molecule has 0 spiro atoms. The molecule has 0 aromatic carbocycles. The van der Waals surface area contributed by atoms with Crippen LogP contribution in [-0.4, -0.2) is 46.8 Å². The van der Waals surface area contributed by atoms with E-state index in [0.29, 0.717) is 25.4 Å². The number of hydrogen-bond donors (Lipinski definition) is 1. The van der Waals surface area contributed by atoms with E-state index in [1.165, 1.54) is 7.11 Å². The van der Waals surface area contributed by atoms with Crippen LogP contribution in [0.3, 0.4) is 0 Å². The molecule has 2 atom stereocenters. The number of hydrogen-bond acceptors (Lipinski definition) is 6. The molecule has 2 rings (SSSR count). The second-order valence-corrected chi connectivity index (χ2v) is 6.97. The first-order chi connectivity index (χ1) is 9.99. The van der Waals surface area contributed by atoms with Gasteiger partial charge in [0.15, 0.2) is 0 Å². The van der Waals surface area contributed by atoms with Gasteiger partial charge in [-0.05, 0) is 18.8 Å². The van der Waals surface area contributed by atoms with E-state index in [0.717, 1.165) is 23.5 Å². The van der Waals surface area contributed by atoms with Crippen molar-refractivity contribution < 1.29 is 14.6 Å². The number of aliphatic hydroxyl groups excluding tert-OH is 1. The van der Waals surface area contributed by atoms with Gasteiger partial charge in [0.1, 0.15) is 6.04 Å². The Morgan fingerprint density at radius 3 is 3.05 bits per heavy atom. The smallest absolute Gasteiger partial charge is 0.323 e. The quantitative estimate of drug-likeness (QED) is 0.812. The number of nitrogens with zero attached hydrogens (tertiary/aromatic N) is 2. The maximum Gasteiger partial charge on any atom is 0.323 e. The molecule has 0 amide bonds. The molecule has 1 aliphatic heterocycles. The number of likely N-dealkylation sites (tertiary alicyclic amines) is 1. The van der Waals surface area contributed by atoms with Gasteiger partial charge in [0, 0.05) is 24.9 Å². The number of β-amino-alcohol motifs (C(OH)–C–C–N with tert-alkyl or cyclic N) is 1. The predicted octanol–water partition coefficient (Wildman–Crippen LogP) is 1.84. The van der Waals surface area contributed by atoms with Crippen LogP contribution in [0.5, 0.6) is 0 Å². The summed E-state index contributed by atoms with van der Waals surface area (Å²) in [6.07, 6.45) is 2.12. The number of aliphatic hydroxyl groups is 1. The van der Waals surface area contributed by atoms with E-state index in [4.69, 9.17) is 4.74 Å². The molecule has 2 heterocycles. The first-order valence-electron chi connectivity index (χ1n) is 7.42. The van der Waals surface area contributed by atoms with Gasteiger partial charge in [-0.2, -0.15) is 0 Å². The molecule has 5 nitrogen and oxygen atoms in total. The summed E-state index contributed by atoms with van der Waals surface area (Å²) in [6.45, 7) is 5.51. The first kappa shape index (κ1) is 16.4. The average molecular weight is 312 g/mol. The lowest BCUT2D eigenvalue weighted by Crippen LogP contribution is -2.36. The van der Waals surface area contributed by atoms with Crippen LogP contribution in [-0.2, 0) is 22.5 Å². The maximum atomic E-state index is 11.8. The van der Waals surface area contributed by atoms with Crippen molar-refractivity contribution in [3.8, 4) is 0 Å². The first-order valence-corrected chi connectivity index (χ1v) is 8.30. The van der Waals surface area contributed by atoms with Crippen LogP contribution in [0.25, 0.3) is 0 Å². The molecule has 21 heavy (non-hydrogen) atoms. The molecule has 0 saturated carbocycles. The van der Waals surface area contributed by atoms with Crippen LogP contribution in [0.1, 0.15) is 37.4 Å². The van der Waals surface area contributed by atoms with Gasteiger partial charge in [-0.3, -0.25) is 9.69 Å². The number of carbonyl (C=O) groups is 1. The third kappa shape index (κ3) is 4.49. The van der Waals surface area contributed by atoms with E-state index in [-0.39, 0.29) is 12.0 Å². The van der Waals surface area contributed by atoms with Crippen LogP contribution >= 0.6 is 11.3 Å². The average Bonchev–Trinajstić information content (AvgIpc) is 3.03. The van der Waals surface area contributed by atoms with Crippen LogP contribution in [0.4, 0.5) is 0 Å². The number of aryl methyl sites for hydroxylation is 1. The van der Waals surface area contributed by atoms with Crippen molar-refractivity contribution in [3.05, 3.63) is 16.1 Å². The normalized spacial score (nSPS) is 22.9. The molecule has 1 fully saturated rings. The van der Waals surface area contributed by atoms with Gasteiger partial charge >= 0.3 is 5.97 Å². The Hall–Kier alpha value is -0.980. The molecular weight excluding hydrogens is 288 g/mol. The lowest BCUT2D eigenvalue weighted by atomic mass is 10.1. The third-order valence-electron chi connectivity index (χ3n) is 3.75. The van der Waals surface area contributed by atoms with Crippen molar-refractivity contribution in [3.63, 3.8) is 0 Å². The summed E-state index contributed by atoms with van der Waals surface area (Å²) < 4.78 is 4.81. The lowest BCUT2D eigenvalue weighted by molar-refractivity contribution is -0.146. The molecule has 0 unspecified atom stereocenters. The number of rotatable bonds is 6. The fourth-order valence-electron chi connectivity index (χ4n) is 2.59. The number of esters is 1. The van der Waals surface area contributed by atoms with Crippen molar-refractivity contribution in [2.45, 2.75) is 51.8 Å². The molecule has 1 aromatic rings. The zero-order chi connectivity index (χ0) is 15.4. The summed E-state index contributed by atoms with van der Waals surface area (Å²) in [7, 11) is 1.39. The summed E-state index contributed by atoms with van der Waals surface area (Å²) in [5, 5.41) is 13.0. The Morgan fingerprint density at radius 2 is 2.38 bits per heavy atom. The van der Waals surface area contributed by atoms with Crippen LogP contribution in [0.15, 0.2) is 5.38 Å². The van der Waals surface area contributed by atoms with E-state index in [2.05, 4.69) is 24.2 Å². The third-order valence-corrected chi connectivity index (χ3v) is 4.71. The zero-order valence-electron chi connectivity index (χ0n) is 12.9. The molecular formula is C15H24N2O3S. The van der Waals surface area contributed by atoms with Crippen LogP contribution < -0.4 is 0 Å². The Balaban J connectivity index is 1.95. The molecule has 0 bridgehead atoms. The molecule has 1 saturated heterocycles. The Kier molecular flexibility index (Phi) is 5.72. The molecule has 118 valence electrons. The van der Waals surface area contributed by atoms with Gasteiger partial charge in [0.05, 0.1) is 23.9 Å². The molecule has 0 radical (unpaired) electrons. The summed E-state index contributed by atoms with van der Waals surface area (Å²) in [4.78, 5) is 18.3. The Bertz CT molecular complexity index is 475. The Labute approximate surface area is 129 Å². The fraction of sp³-hybridized carbons (Fsp3) is 0.733. The van der Waals surface area contributed by atoms with E-state index >= 15 is 0 Å². The molecule has 6 heteroatoms. The van der Waals surface area contributed by atoms with Gasteiger partial charge in [0.2, 0.25) is 0 Å². The number of thiazole rings is 1. The van der Waals surface area contributed by atoms with Gasteiger partial charge in [-0.1, -0.05) is 13.8 Å². The monoisotopic (exact) mass is 312 g/mol. The highest BCUT2D eigenvalue weighted by atomic mass is 32.1. The number of aromatic nitrogens is 1. The van der Waals surface area contributed by atoms with E-state index in [1.807, 2.05) is 4.90 Å². The lowest BCUT2D eigenvalue weighted by Gasteiger charge is -2.20. The van der Waals surface area contributed by atoms with Crippen molar-refractivity contribution in [2.75, 3.05) is 13.7 Å². The van der Waals surface area contributed by atoms with Crippen LogP contribution in [0.2, 0.25) is 0 Å². The molecule has 0 aliphatic carbocycles. The molecule has 1 N–H and O–H groups in total. The second kappa shape index (κ2) is 7.33. The number of ether oxygens (including phenoxy) is 1. The minimum Gasteiger partial charge on any atom is -0.468 e. The van der Waals surface area contributed by atoms with E-state index < -0.39 is 6.10 Å². The molecule has 1 aliphatic rings. The van der Waals surface area contributed by atoms with Gasteiger partial charge in [-0.25, -0.2) is 4.98 Å². The second-order valence-electron chi connectivity index (χ2n) is 6.02. The van der Waals surface area contributed by atoms with E-state index in [9.17, 15) is 9.90 Å². The summed E-state index contributed by atoms with van der Waals surface area (Å²) in [5.74, 6) is 0.400. The highest BCUT2D eigenvalue weighted by Crippen LogP contribution is 2.23. The minimum absolute atomic E-state index is 0.276. The van der Waals surface area contributed by atoms with Crippen molar-refractivity contribution in [1.82, 2.24) is 9.88 Å².